The number of alkyl carbamates (subject to hydrolysis) is 1. The van der Waals surface area contributed by atoms with Crippen molar-refractivity contribution in [3.8, 4) is 11.3 Å². The first-order valence-corrected chi connectivity index (χ1v) is 13.4. The largest absolute Gasteiger partial charge is 0.443 e. The summed E-state index contributed by atoms with van der Waals surface area (Å²) in [6.07, 6.45) is 3.58. The van der Waals surface area contributed by atoms with Gasteiger partial charge >= 0.3 is 11.8 Å². The molecule has 1 fully saturated rings. The quantitative estimate of drug-likeness (QED) is 0.278. The van der Waals surface area contributed by atoms with Gasteiger partial charge in [-0.1, -0.05) is 74.4 Å². The van der Waals surface area contributed by atoms with E-state index >= 15 is 0 Å². The van der Waals surface area contributed by atoms with E-state index in [9.17, 15) is 14.7 Å². The molecule has 3 atom stereocenters. The number of aromatic nitrogens is 2. The van der Waals surface area contributed by atoms with E-state index in [0.29, 0.717) is 17.7 Å². The lowest BCUT2D eigenvalue weighted by Gasteiger charge is -2.16. The maximum atomic E-state index is 12.8. The molecule has 0 spiro atoms. The number of aliphatic hydroxyl groups excluding tert-OH is 1. The molecule has 1 amide bonds. The fourth-order valence-corrected chi connectivity index (χ4v) is 4.80. The van der Waals surface area contributed by atoms with Gasteiger partial charge in [0.2, 0.25) is 5.71 Å². The lowest BCUT2D eigenvalue weighted by atomic mass is 10.0. The van der Waals surface area contributed by atoms with E-state index in [1.54, 1.807) is 6.20 Å². The van der Waals surface area contributed by atoms with Crippen molar-refractivity contribution in [1.82, 2.24) is 14.9 Å². The van der Waals surface area contributed by atoms with Crippen LogP contribution < -0.4 is 11.0 Å². The van der Waals surface area contributed by atoms with Crippen LogP contribution in [0.1, 0.15) is 50.0 Å². The van der Waals surface area contributed by atoms with Gasteiger partial charge in [0.1, 0.15) is 24.2 Å². The zero-order valence-electron chi connectivity index (χ0n) is 21.9. The van der Waals surface area contributed by atoms with Crippen molar-refractivity contribution >= 4 is 17.2 Å². The number of aliphatic hydroxyl groups is 1. The number of rotatable bonds is 10. The van der Waals surface area contributed by atoms with Gasteiger partial charge in [-0.25, -0.2) is 9.59 Å². The van der Waals surface area contributed by atoms with E-state index in [1.807, 2.05) is 48.5 Å². The molecule has 0 saturated carbocycles. The van der Waals surface area contributed by atoms with Crippen molar-refractivity contribution in [1.29, 1.82) is 0 Å². The molecule has 0 aliphatic carbocycles. The summed E-state index contributed by atoms with van der Waals surface area (Å²) in [4.78, 5) is 29.3. The van der Waals surface area contributed by atoms with Crippen molar-refractivity contribution in [3.63, 3.8) is 0 Å². The number of aryl methyl sites for hydroxylation is 1. The van der Waals surface area contributed by atoms with Gasteiger partial charge < -0.3 is 24.3 Å². The van der Waals surface area contributed by atoms with Gasteiger partial charge in [-0.05, 0) is 30.0 Å². The van der Waals surface area contributed by atoms with Crippen LogP contribution in [0.2, 0.25) is 0 Å². The lowest BCUT2D eigenvalue weighted by Crippen LogP contribution is -2.34. The standard InChI is InChI=1S/C30H33N3O6/c1-2-3-5-8-20-11-13-22(14-12-20)24-15-23-18-33(29(35)32-28(23)38-24)27-16-25(26(19-34)37-27)39-30(36)31-17-21-9-6-4-7-10-21/h4,6-7,9-15,18,25-27,34H,2-3,5,8,16-17,19H2,1H3,(H,31,36). The van der Waals surface area contributed by atoms with E-state index in [2.05, 4.69) is 29.4 Å². The fourth-order valence-electron chi connectivity index (χ4n) is 4.80. The van der Waals surface area contributed by atoms with Crippen LogP contribution >= 0.6 is 0 Å². The first-order chi connectivity index (χ1) is 19.0. The maximum Gasteiger partial charge on any atom is 0.407 e. The first-order valence-electron chi connectivity index (χ1n) is 13.4. The molecule has 0 bridgehead atoms. The smallest absolute Gasteiger partial charge is 0.407 e. The number of unbranched alkanes of at least 4 members (excludes halogenated alkanes) is 2. The summed E-state index contributed by atoms with van der Waals surface area (Å²) in [6.45, 7) is 2.14. The Hall–Kier alpha value is -3.95. The van der Waals surface area contributed by atoms with Crippen LogP contribution in [0.15, 0.2) is 76.1 Å². The third-order valence-electron chi connectivity index (χ3n) is 6.95. The van der Waals surface area contributed by atoms with Crippen molar-refractivity contribution in [2.75, 3.05) is 6.61 Å². The van der Waals surface area contributed by atoms with Gasteiger partial charge in [-0.15, -0.1) is 0 Å². The third-order valence-corrected chi connectivity index (χ3v) is 6.95. The van der Waals surface area contributed by atoms with Crippen LogP contribution in [-0.4, -0.2) is 39.6 Å². The molecule has 204 valence electrons. The van der Waals surface area contributed by atoms with E-state index in [1.165, 1.54) is 29.4 Å². The summed E-state index contributed by atoms with van der Waals surface area (Å²) in [5.74, 6) is 0.617. The average Bonchev–Trinajstić information content (AvgIpc) is 3.56. The first kappa shape index (κ1) is 26.6. The van der Waals surface area contributed by atoms with Crippen LogP contribution in [-0.2, 0) is 22.4 Å². The number of hydrogen-bond acceptors (Lipinski definition) is 7. The predicted molar refractivity (Wildman–Crippen MR) is 146 cm³/mol. The number of amides is 1. The number of hydrogen-bond donors (Lipinski definition) is 2. The molecule has 1 aliphatic rings. The highest BCUT2D eigenvalue weighted by Gasteiger charge is 2.39. The fraction of sp³-hybridized carbons (Fsp3) is 0.367. The molecule has 9 nitrogen and oxygen atoms in total. The van der Waals surface area contributed by atoms with Crippen molar-refractivity contribution in [3.05, 3.63) is 88.5 Å². The number of carbonyl (C=O) groups is 1. The summed E-state index contributed by atoms with van der Waals surface area (Å²) in [7, 11) is 0. The topological polar surface area (TPSA) is 116 Å². The average molecular weight is 532 g/mol. The lowest BCUT2D eigenvalue weighted by molar-refractivity contribution is -0.0482. The van der Waals surface area contributed by atoms with Gasteiger partial charge in [0.15, 0.2) is 0 Å². The summed E-state index contributed by atoms with van der Waals surface area (Å²) in [5, 5.41) is 13.2. The van der Waals surface area contributed by atoms with Crippen LogP contribution in [0.3, 0.4) is 0 Å². The Kier molecular flexibility index (Phi) is 8.39. The van der Waals surface area contributed by atoms with Gasteiger partial charge in [0, 0.05) is 24.7 Å². The minimum absolute atomic E-state index is 0.196. The molecule has 1 saturated heterocycles. The zero-order chi connectivity index (χ0) is 27.2. The molecule has 2 aromatic heterocycles. The Labute approximate surface area is 226 Å². The van der Waals surface area contributed by atoms with Crippen LogP contribution in [0.25, 0.3) is 22.4 Å². The number of ether oxygens (including phenoxy) is 2. The Morgan fingerprint density at radius 3 is 2.67 bits per heavy atom. The number of nitrogens with zero attached hydrogens (tertiary/aromatic N) is 2. The molecule has 1 aliphatic heterocycles. The maximum absolute atomic E-state index is 12.8. The normalized spacial score (nSPS) is 18.9. The van der Waals surface area contributed by atoms with Crippen LogP contribution in [0.5, 0.6) is 0 Å². The minimum Gasteiger partial charge on any atom is -0.443 e. The van der Waals surface area contributed by atoms with E-state index in [4.69, 9.17) is 13.9 Å². The monoisotopic (exact) mass is 531 g/mol. The van der Waals surface area contributed by atoms with Gasteiger partial charge in [-0.2, -0.15) is 4.98 Å². The van der Waals surface area contributed by atoms with E-state index in [0.717, 1.165) is 17.5 Å². The molecule has 9 heteroatoms. The highest BCUT2D eigenvalue weighted by atomic mass is 16.6. The number of benzene rings is 2. The molecular formula is C30H33N3O6. The molecule has 2 N–H and O–H groups in total. The summed E-state index contributed by atoms with van der Waals surface area (Å²) < 4.78 is 18.7. The molecule has 39 heavy (non-hydrogen) atoms. The molecule has 0 radical (unpaired) electrons. The van der Waals surface area contributed by atoms with Gasteiger partial charge in [0.05, 0.1) is 12.0 Å². The van der Waals surface area contributed by atoms with Crippen molar-refractivity contribution in [2.24, 2.45) is 0 Å². The van der Waals surface area contributed by atoms with Gasteiger partial charge in [-0.3, -0.25) is 4.57 Å². The molecule has 3 heterocycles. The second-order valence-electron chi connectivity index (χ2n) is 9.79. The Bertz CT molecular complexity index is 1450. The van der Waals surface area contributed by atoms with Crippen LogP contribution in [0, 0.1) is 0 Å². The summed E-state index contributed by atoms with van der Waals surface area (Å²) in [5.41, 5.74) is 2.80. The second-order valence-corrected chi connectivity index (χ2v) is 9.79. The highest BCUT2D eigenvalue weighted by molar-refractivity contribution is 5.79. The zero-order valence-corrected chi connectivity index (χ0v) is 21.9. The molecule has 2 aromatic carbocycles. The molecule has 5 rings (SSSR count). The predicted octanol–water partition coefficient (Wildman–Crippen LogP) is 4.96. The van der Waals surface area contributed by atoms with Gasteiger partial charge in [0.25, 0.3) is 0 Å². The van der Waals surface area contributed by atoms with Crippen molar-refractivity contribution in [2.45, 2.75) is 64.0 Å². The Morgan fingerprint density at radius 2 is 1.92 bits per heavy atom. The number of carbonyl (C=O) groups excluding carboxylic acids is 1. The third kappa shape index (κ3) is 6.38. The minimum atomic E-state index is -0.768. The van der Waals surface area contributed by atoms with Crippen LogP contribution in [0.4, 0.5) is 4.79 Å². The highest BCUT2D eigenvalue weighted by Crippen LogP contribution is 2.32. The SMILES string of the molecule is CCCCCc1ccc(-c2cc3cn(C4CC(OC(=O)NCc5ccccc5)C(CO)O4)c(=O)nc3o2)cc1. The van der Waals surface area contributed by atoms with E-state index in [-0.39, 0.29) is 18.7 Å². The van der Waals surface area contributed by atoms with E-state index < -0.39 is 30.2 Å². The summed E-state index contributed by atoms with van der Waals surface area (Å²) >= 11 is 0. The Morgan fingerprint density at radius 1 is 1.13 bits per heavy atom. The molecule has 3 unspecified atom stereocenters. The van der Waals surface area contributed by atoms with Crippen molar-refractivity contribution < 1.29 is 23.8 Å². The summed E-state index contributed by atoms with van der Waals surface area (Å²) in [6, 6.07) is 19.5. The number of furan rings is 1. The molecule has 4 aromatic rings. The molecular weight excluding hydrogens is 498 g/mol. The number of nitrogens with one attached hydrogen (secondary N) is 1. The number of fused-ring (bicyclic) bond motifs is 1. The second kappa shape index (κ2) is 12.3. The Balaban J connectivity index is 1.27.